The molecule has 2 rings (SSSR count). The van der Waals surface area contributed by atoms with Crippen LogP contribution in [0.1, 0.15) is 33.6 Å². The lowest BCUT2D eigenvalue weighted by molar-refractivity contribution is -0.129. The number of likely N-dealkylation sites (tertiary alicyclic amines) is 1. The number of benzene rings is 1. The molecule has 1 aromatic rings. The highest BCUT2D eigenvalue weighted by Gasteiger charge is 2.28. The first kappa shape index (κ1) is 22.8. The molecule has 1 aliphatic heterocycles. The Morgan fingerprint density at radius 2 is 1.93 bits per heavy atom. The molecule has 1 unspecified atom stereocenters. The zero-order valence-electron chi connectivity index (χ0n) is 17.0. The molecule has 0 spiro atoms. The lowest BCUT2D eigenvalue weighted by atomic mass is 10.1. The van der Waals surface area contributed by atoms with Gasteiger partial charge < -0.3 is 19.7 Å². The summed E-state index contributed by atoms with van der Waals surface area (Å²) in [5, 5.41) is 2.69. The Morgan fingerprint density at radius 3 is 2.55 bits per heavy atom. The van der Waals surface area contributed by atoms with E-state index in [9.17, 15) is 18.0 Å². The minimum atomic E-state index is -3.86. The molecule has 0 saturated carbocycles. The van der Waals surface area contributed by atoms with Gasteiger partial charge in [0, 0.05) is 24.8 Å². The number of nitrogens with one attached hydrogen (secondary N) is 2. The summed E-state index contributed by atoms with van der Waals surface area (Å²) in [5.41, 5.74) is 0.356. The smallest absolute Gasteiger partial charge is 0.407 e. The largest absolute Gasteiger partial charge is 0.491 e. The molecule has 1 fully saturated rings. The Labute approximate surface area is 171 Å². The number of anilines is 1. The molecule has 9 nitrogen and oxygen atoms in total. The molecule has 0 aromatic heterocycles. The van der Waals surface area contributed by atoms with E-state index in [0.29, 0.717) is 30.8 Å². The summed E-state index contributed by atoms with van der Waals surface area (Å²) in [7, 11) is -3.86. The van der Waals surface area contributed by atoms with Gasteiger partial charge in [0.2, 0.25) is 15.9 Å². The van der Waals surface area contributed by atoms with Crippen LogP contribution in [0.2, 0.25) is 0 Å². The maximum Gasteiger partial charge on any atom is 0.407 e. The van der Waals surface area contributed by atoms with Crippen molar-refractivity contribution < 1.29 is 27.5 Å². The molecule has 10 heteroatoms. The van der Waals surface area contributed by atoms with Gasteiger partial charge in [0.15, 0.2) is 0 Å². The zero-order chi connectivity index (χ0) is 21.4. The second-order valence-corrected chi connectivity index (χ2v) is 8.82. The minimum absolute atomic E-state index is 0.0156. The maximum absolute atomic E-state index is 12.5. The molecular weight excluding hydrogens is 398 g/mol. The number of amides is 2. The fourth-order valence-corrected chi connectivity index (χ4v) is 4.08. The Balaban J connectivity index is 1.90. The molecular formula is C19H29N3O6S. The van der Waals surface area contributed by atoms with Crippen LogP contribution in [0.25, 0.3) is 0 Å². The van der Waals surface area contributed by atoms with Crippen molar-refractivity contribution in [2.24, 2.45) is 0 Å². The van der Waals surface area contributed by atoms with Gasteiger partial charge in [-0.2, -0.15) is 0 Å². The van der Waals surface area contributed by atoms with Crippen LogP contribution in [-0.4, -0.2) is 62.9 Å². The Hall–Kier alpha value is -2.49. The van der Waals surface area contributed by atoms with Crippen molar-refractivity contribution in [3.8, 4) is 5.75 Å². The third-order valence-electron chi connectivity index (χ3n) is 4.18. The van der Waals surface area contributed by atoms with Gasteiger partial charge in [0.1, 0.15) is 11.5 Å². The second-order valence-electron chi connectivity index (χ2n) is 7.10. The number of ether oxygens (including phenoxy) is 2. The maximum atomic E-state index is 12.5. The van der Waals surface area contributed by atoms with Crippen molar-refractivity contribution in [1.29, 1.82) is 0 Å². The molecule has 0 radical (unpaired) electrons. The van der Waals surface area contributed by atoms with E-state index in [2.05, 4.69) is 10.0 Å². The highest BCUT2D eigenvalue weighted by molar-refractivity contribution is 7.93. The van der Waals surface area contributed by atoms with Crippen LogP contribution >= 0.6 is 0 Å². The van der Waals surface area contributed by atoms with E-state index in [4.69, 9.17) is 9.47 Å². The molecule has 162 valence electrons. The predicted molar refractivity (Wildman–Crippen MR) is 109 cm³/mol. The van der Waals surface area contributed by atoms with Crippen molar-refractivity contribution in [1.82, 2.24) is 10.2 Å². The lowest BCUT2D eigenvalue weighted by Gasteiger charge is -2.32. The number of piperidine rings is 1. The fraction of sp³-hybridized carbons (Fsp3) is 0.579. The van der Waals surface area contributed by atoms with Gasteiger partial charge in [-0.05, 0) is 57.9 Å². The van der Waals surface area contributed by atoms with Crippen LogP contribution in [0.15, 0.2) is 24.3 Å². The van der Waals surface area contributed by atoms with E-state index in [1.54, 1.807) is 31.2 Å². The predicted octanol–water partition coefficient (Wildman–Crippen LogP) is 1.95. The first-order valence-corrected chi connectivity index (χ1v) is 11.3. The number of carbonyl (C=O) groups excluding carboxylic acids is 2. The third-order valence-corrected chi connectivity index (χ3v) is 5.36. The number of alkyl carbamates (subject to hydrolysis) is 1. The molecule has 2 N–H and O–H groups in total. The number of carbonyl (C=O) groups is 2. The molecule has 0 aliphatic carbocycles. The second kappa shape index (κ2) is 10.3. The van der Waals surface area contributed by atoms with E-state index in [1.165, 1.54) is 4.90 Å². The van der Waals surface area contributed by atoms with Crippen molar-refractivity contribution >= 4 is 27.7 Å². The number of hydrogen-bond donors (Lipinski definition) is 2. The molecule has 1 saturated heterocycles. The van der Waals surface area contributed by atoms with E-state index in [-0.39, 0.29) is 25.3 Å². The number of hydrogen-bond acceptors (Lipinski definition) is 6. The van der Waals surface area contributed by atoms with E-state index in [1.807, 2.05) is 13.8 Å². The SMILES string of the molecule is CCOC(=O)NC1CCCN(C(=O)CS(=O)(=O)Nc2ccc(OC(C)C)cc2)C1. The zero-order valence-corrected chi connectivity index (χ0v) is 17.8. The van der Waals surface area contributed by atoms with Crippen LogP contribution in [0.5, 0.6) is 5.75 Å². The standard InChI is InChI=1S/C19H29N3O6S/c1-4-27-19(24)20-16-6-5-11-22(12-16)18(23)13-29(25,26)21-15-7-9-17(10-8-15)28-14(2)3/h7-10,14,16,21H,4-6,11-13H2,1-3H3,(H,20,24). The van der Waals surface area contributed by atoms with Gasteiger partial charge in [-0.1, -0.05) is 0 Å². The highest BCUT2D eigenvalue weighted by atomic mass is 32.2. The van der Waals surface area contributed by atoms with E-state index in [0.717, 1.165) is 0 Å². The molecule has 1 aromatic carbocycles. The molecule has 1 heterocycles. The molecule has 29 heavy (non-hydrogen) atoms. The summed E-state index contributed by atoms with van der Waals surface area (Å²) in [5.74, 6) is -0.538. The monoisotopic (exact) mass is 427 g/mol. The third kappa shape index (κ3) is 7.80. The molecule has 0 bridgehead atoms. The number of rotatable bonds is 8. The van der Waals surface area contributed by atoms with Gasteiger partial charge in [-0.15, -0.1) is 0 Å². The number of sulfonamides is 1. The first-order valence-electron chi connectivity index (χ1n) is 9.66. The Morgan fingerprint density at radius 1 is 1.24 bits per heavy atom. The quantitative estimate of drug-likeness (QED) is 0.655. The topological polar surface area (TPSA) is 114 Å². The highest BCUT2D eigenvalue weighted by Crippen LogP contribution is 2.18. The van der Waals surface area contributed by atoms with E-state index < -0.39 is 27.8 Å². The number of nitrogens with zero attached hydrogens (tertiary/aromatic N) is 1. The van der Waals surface area contributed by atoms with Crippen LogP contribution in [0.4, 0.5) is 10.5 Å². The van der Waals surface area contributed by atoms with Crippen molar-refractivity contribution in [2.75, 3.05) is 30.2 Å². The average Bonchev–Trinajstić information content (AvgIpc) is 2.62. The first-order chi connectivity index (χ1) is 13.7. The van der Waals surface area contributed by atoms with E-state index >= 15 is 0 Å². The molecule has 1 aliphatic rings. The molecule has 1 atom stereocenters. The fourth-order valence-electron chi connectivity index (χ4n) is 3.00. The Kier molecular flexibility index (Phi) is 8.12. The van der Waals surface area contributed by atoms with Gasteiger partial charge in [0.25, 0.3) is 0 Å². The normalized spacial score (nSPS) is 17.0. The van der Waals surface area contributed by atoms with Gasteiger partial charge >= 0.3 is 6.09 Å². The van der Waals surface area contributed by atoms with Gasteiger partial charge in [-0.25, -0.2) is 13.2 Å². The van der Waals surface area contributed by atoms with Crippen LogP contribution in [-0.2, 0) is 19.6 Å². The van der Waals surface area contributed by atoms with Crippen LogP contribution < -0.4 is 14.8 Å². The van der Waals surface area contributed by atoms with Gasteiger partial charge in [0.05, 0.1) is 12.7 Å². The van der Waals surface area contributed by atoms with Crippen LogP contribution in [0, 0.1) is 0 Å². The summed E-state index contributed by atoms with van der Waals surface area (Å²) >= 11 is 0. The van der Waals surface area contributed by atoms with Gasteiger partial charge in [-0.3, -0.25) is 9.52 Å². The van der Waals surface area contributed by atoms with Crippen molar-refractivity contribution in [3.63, 3.8) is 0 Å². The summed E-state index contributed by atoms with van der Waals surface area (Å²) in [6.45, 7) is 6.48. The van der Waals surface area contributed by atoms with Crippen molar-refractivity contribution in [3.05, 3.63) is 24.3 Å². The summed E-state index contributed by atoms with van der Waals surface area (Å²) in [6, 6.07) is 6.24. The van der Waals surface area contributed by atoms with Crippen molar-refractivity contribution in [2.45, 2.75) is 45.8 Å². The lowest BCUT2D eigenvalue weighted by Crippen LogP contribution is -2.51. The van der Waals surface area contributed by atoms with Crippen LogP contribution in [0.3, 0.4) is 0 Å². The molecule has 2 amide bonds. The summed E-state index contributed by atoms with van der Waals surface area (Å²) in [6.07, 6.45) is 0.860. The summed E-state index contributed by atoms with van der Waals surface area (Å²) < 4.78 is 37.5. The summed E-state index contributed by atoms with van der Waals surface area (Å²) in [4.78, 5) is 25.5. The minimum Gasteiger partial charge on any atom is -0.491 e. The average molecular weight is 428 g/mol. The Bertz CT molecular complexity index is 795.